The van der Waals surface area contributed by atoms with Crippen molar-refractivity contribution in [2.75, 3.05) is 11.5 Å². The normalized spacial score (nSPS) is 11.6. The minimum Gasteiger partial charge on any atom is -0.143 e. The third kappa shape index (κ3) is 12.0. The zero-order valence-corrected chi connectivity index (χ0v) is 30.3. The molecule has 39 heavy (non-hydrogen) atoms. The van der Waals surface area contributed by atoms with Crippen LogP contribution in [0.5, 0.6) is 0 Å². The van der Waals surface area contributed by atoms with Crippen LogP contribution >= 0.6 is 85.1 Å². The molecular formula is C32H46BrClS5. The first-order valence-electron chi connectivity index (χ1n) is 15.1. The highest BCUT2D eigenvalue weighted by atomic mass is 79.9. The molecule has 0 aliphatic rings. The van der Waals surface area contributed by atoms with Gasteiger partial charge in [0.2, 0.25) is 0 Å². The first-order valence-corrected chi connectivity index (χ1v) is 20.7. The molecule has 0 atom stereocenters. The number of rotatable bonds is 22. The molecule has 3 aromatic rings. The van der Waals surface area contributed by atoms with Crippen molar-refractivity contribution >= 4 is 85.1 Å². The number of unbranched alkanes of at least 4 members (excludes halogenated alkanes) is 14. The topological polar surface area (TPSA) is 0 Å². The van der Waals surface area contributed by atoms with Gasteiger partial charge in [0.05, 0.1) is 18.6 Å². The molecule has 0 aromatic carbocycles. The molecule has 3 aromatic heterocycles. The first kappa shape index (κ1) is 34.1. The molecule has 3 rings (SSSR count). The van der Waals surface area contributed by atoms with E-state index in [9.17, 15) is 0 Å². The smallest absolute Gasteiger partial charge is 0.0852 e. The van der Waals surface area contributed by atoms with Crippen molar-refractivity contribution in [3.05, 3.63) is 32.4 Å². The summed E-state index contributed by atoms with van der Waals surface area (Å²) in [4.78, 5) is 8.10. The van der Waals surface area contributed by atoms with E-state index < -0.39 is 0 Å². The van der Waals surface area contributed by atoms with Crippen molar-refractivity contribution < 1.29 is 0 Å². The number of hydrogen-bond acceptors (Lipinski definition) is 5. The lowest BCUT2D eigenvalue weighted by Gasteiger charge is -2.08. The van der Waals surface area contributed by atoms with E-state index in [0.717, 1.165) is 5.02 Å². The van der Waals surface area contributed by atoms with E-state index in [1.54, 1.807) is 11.3 Å². The van der Waals surface area contributed by atoms with Crippen molar-refractivity contribution in [1.82, 2.24) is 0 Å². The third-order valence-corrected chi connectivity index (χ3v) is 14.6. The van der Waals surface area contributed by atoms with Crippen molar-refractivity contribution in [2.24, 2.45) is 0 Å². The Kier molecular flexibility index (Phi) is 17.9. The van der Waals surface area contributed by atoms with Crippen LogP contribution in [0.25, 0.3) is 19.5 Å². The van der Waals surface area contributed by atoms with Gasteiger partial charge in [-0.3, -0.25) is 0 Å². The fourth-order valence-electron chi connectivity index (χ4n) is 4.66. The highest BCUT2D eigenvalue weighted by molar-refractivity contribution is 9.11. The summed E-state index contributed by atoms with van der Waals surface area (Å²) in [6, 6.07) is 6.49. The van der Waals surface area contributed by atoms with Gasteiger partial charge < -0.3 is 0 Å². The molecule has 7 heteroatoms. The zero-order valence-electron chi connectivity index (χ0n) is 23.8. The number of thiophene rings is 3. The summed E-state index contributed by atoms with van der Waals surface area (Å²) < 4.78 is 1.28. The van der Waals surface area contributed by atoms with Gasteiger partial charge >= 0.3 is 0 Å². The molecule has 0 amide bonds. The molecule has 0 saturated heterocycles. The van der Waals surface area contributed by atoms with Gasteiger partial charge in [0.1, 0.15) is 0 Å². The first-order chi connectivity index (χ1) is 19.2. The molecule has 0 radical (unpaired) electrons. The van der Waals surface area contributed by atoms with E-state index in [2.05, 4.69) is 76.9 Å². The lowest BCUT2D eigenvalue weighted by Crippen LogP contribution is -1.86. The molecule has 0 unspecified atom stereocenters. The Morgan fingerprint density at radius 2 is 1.21 bits per heavy atom. The van der Waals surface area contributed by atoms with Crippen LogP contribution in [0.1, 0.15) is 117 Å². The van der Waals surface area contributed by atoms with Gasteiger partial charge in [-0.15, -0.1) is 57.5 Å². The largest absolute Gasteiger partial charge is 0.143 e. The molecule has 3 heterocycles. The van der Waals surface area contributed by atoms with Gasteiger partial charge in [0.25, 0.3) is 0 Å². The van der Waals surface area contributed by atoms with Gasteiger partial charge in [0.15, 0.2) is 0 Å². The molecule has 0 nitrogen and oxygen atoms in total. The molecule has 0 bridgehead atoms. The van der Waals surface area contributed by atoms with E-state index in [4.69, 9.17) is 11.6 Å². The van der Waals surface area contributed by atoms with Crippen LogP contribution in [0.4, 0.5) is 0 Å². The Bertz CT molecular complexity index is 1040. The summed E-state index contributed by atoms with van der Waals surface area (Å²) in [6.07, 6.45) is 22.0. The van der Waals surface area contributed by atoms with Crippen LogP contribution in [0.3, 0.4) is 0 Å². The maximum Gasteiger partial charge on any atom is 0.0852 e. The van der Waals surface area contributed by atoms with Crippen molar-refractivity contribution in [1.29, 1.82) is 0 Å². The van der Waals surface area contributed by atoms with E-state index in [1.807, 2.05) is 22.7 Å². The van der Waals surface area contributed by atoms with Gasteiger partial charge in [0, 0.05) is 19.5 Å². The second-order valence-electron chi connectivity index (χ2n) is 10.3. The van der Waals surface area contributed by atoms with Crippen molar-refractivity contribution in [3.8, 4) is 19.5 Å². The number of thioether (sulfide) groups is 2. The molecule has 0 saturated carbocycles. The lowest BCUT2D eigenvalue weighted by atomic mass is 10.1. The summed E-state index contributed by atoms with van der Waals surface area (Å²) in [5.41, 5.74) is 0. The van der Waals surface area contributed by atoms with Crippen molar-refractivity contribution in [2.45, 2.75) is 126 Å². The summed E-state index contributed by atoms with van der Waals surface area (Å²) in [5.74, 6) is 2.39. The van der Waals surface area contributed by atoms with E-state index in [-0.39, 0.29) is 0 Å². The SMILES string of the molecule is CCCCCCCCCCSc1c(Br)sc(-c2sc(-c3cccs3)cc2Cl)c1SCCCCCCCCCC. The second-order valence-corrected chi connectivity index (χ2v) is 17.2. The number of hydrogen-bond donors (Lipinski definition) is 0. The maximum atomic E-state index is 6.88. The summed E-state index contributed by atoms with van der Waals surface area (Å²) in [6.45, 7) is 4.59. The molecule has 0 aliphatic carbocycles. The average Bonchev–Trinajstić information content (AvgIpc) is 3.66. The van der Waals surface area contributed by atoms with Crippen LogP contribution in [0.15, 0.2) is 37.2 Å². The number of halogens is 2. The molecule has 218 valence electrons. The van der Waals surface area contributed by atoms with Crippen LogP contribution < -0.4 is 0 Å². The molecular weight excluding hydrogens is 660 g/mol. The highest BCUT2D eigenvalue weighted by Gasteiger charge is 2.23. The summed E-state index contributed by atoms with van der Waals surface area (Å²) in [7, 11) is 0. The third-order valence-electron chi connectivity index (χ3n) is 6.93. The Labute approximate surface area is 272 Å². The average molecular weight is 706 g/mol. The van der Waals surface area contributed by atoms with Gasteiger partial charge in [-0.25, -0.2) is 0 Å². The Morgan fingerprint density at radius 3 is 1.74 bits per heavy atom. The Morgan fingerprint density at radius 1 is 0.667 bits per heavy atom. The molecule has 0 N–H and O–H groups in total. The van der Waals surface area contributed by atoms with E-state index >= 15 is 0 Å². The van der Waals surface area contributed by atoms with Gasteiger partial charge in [-0.2, -0.15) is 0 Å². The van der Waals surface area contributed by atoms with Crippen LogP contribution in [0, 0.1) is 0 Å². The predicted octanol–water partition coefficient (Wildman–Crippen LogP) is 15.1. The lowest BCUT2D eigenvalue weighted by molar-refractivity contribution is 0.586. The zero-order chi connectivity index (χ0) is 27.7. The van der Waals surface area contributed by atoms with Crippen LogP contribution in [0.2, 0.25) is 5.02 Å². The fraction of sp³-hybridized carbons (Fsp3) is 0.625. The Balaban J connectivity index is 1.60. The standard InChI is InChI=1S/C32H46BrClS5/c1-3-5-7-9-11-13-15-17-21-36-29-30(28-25(34)24-27(38-28)26-20-19-23-35-26)39-32(33)31(29)37-22-18-16-14-12-10-8-6-4-2/h19-20,23-24H,3-18,21-22H2,1-2H3. The quantitative estimate of drug-likeness (QED) is 0.0754. The minimum atomic E-state index is 0.894. The Hall–Kier alpha value is 0.570. The van der Waals surface area contributed by atoms with Crippen LogP contribution in [-0.4, -0.2) is 11.5 Å². The molecule has 0 fully saturated rings. The summed E-state index contributed by atoms with van der Waals surface area (Å²) >= 11 is 20.5. The monoisotopic (exact) mass is 704 g/mol. The minimum absolute atomic E-state index is 0.894. The van der Waals surface area contributed by atoms with Gasteiger partial charge in [-0.1, -0.05) is 121 Å². The highest BCUT2D eigenvalue weighted by Crippen LogP contribution is 2.54. The predicted molar refractivity (Wildman–Crippen MR) is 190 cm³/mol. The maximum absolute atomic E-state index is 6.88. The fourth-order valence-corrected chi connectivity index (χ4v) is 12.2. The van der Waals surface area contributed by atoms with Gasteiger partial charge in [-0.05, 0) is 57.8 Å². The molecule has 0 aliphatic heterocycles. The van der Waals surface area contributed by atoms with Crippen molar-refractivity contribution in [3.63, 3.8) is 0 Å². The van der Waals surface area contributed by atoms with E-state index in [1.165, 1.54) is 147 Å². The second kappa shape index (κ2) is 20.5. The van der Waals surface area contributed by atoms with Crippen LogP contribution in [-0.2, 0) is 0 Å². The summed E-state index contributed by atoms with van der Waals surface area (Å²) in [5, 5.41) is 3.04. The van der Waals surface area contributed by atoms with E-state index in [0.29, 0.717) is 0 Å². The molecule has 0 spiro atoms.